The highest BCUT2D eigenvalue weighted by Crippen LogP contribution is 2.53. The Morgan fingerprint density at radius 1 is 1.15 bits per heavy atom. The summed E-state index contributed by atoms with van der Waals surface area (Å²) in [7, 11) is 3.11. The number of nitrogens with two attached hydrogens (primary N) is 1. The fourth-order valence-corrected chi connectivity index (χ4v) is 7.48. The number of allylic oxidation sites excluding steroid dienone is 1. The van der Waals surface area contributed by atoms with Gasteiger partial charge in [-0.1, -0.05) is 12.1 Å². The number of aromatic hydroxyl groups is 1. The van der Waals surface area contributed by atoms with Crippen LogP contribution in [0.25, 0.3) is 11.1 Å². The van der Waals surface area contributed by atoms with E-state index < -0.39 is 81.6 Å². The number of hydrogen-bond acceptors (Lipinski definition) is 10. The molecule has 0 saturated carbocycles. The van der Waals surface area contributed by atoms with Crippen molar-refractivity contribution in [2.75, 3.05) is 20.7 Å². The zero-order chi connectivity index (χ0) is 33.2. The van der Waals surface area contributed by atoms with Crippen molar-refractivity contribution in [3.05, 3.63) is 75.5 Å². The van der Waals surface area contributed by atoms with Gasteiger partial charge < -0.3 is 36.2 Å². The summed E-state index contributed by atoms with van der Waals surface area (Å²) in [5.41, 5.74) is 2.77. The van der Waals surface area contributed by atoms with Crippen molar-refractivity contribution in [3.8, 4) is 16.9 Å². The summed E-state index contributed by atoms with van der Waals surface area (Å²) in [5.74, 6) is -8.44. The van der Waals surface area contributed by atoms with Gasteiger partial charge in [0.25, 0.3) is 5.91 Å². The molecule has 7 N–H and O–H groups in total. The Labute approximate surface area is 263 Å². The fourth-order valence-electron chi connectivity index (χ4n) is 7.48. The number of rotatable bonds is 6. The van der Waals surface area contributed by atoms with Crippen molar-refractivity contribution in [3.63, 3.8) is 0 Å². The number of carbonyl (C=O) groups is 4. The predicted molar refractivity (Wildman–Crippen MR) is 160 cm³/mol. The van der Waals surface area contributed by atoms with Gasteiger partial charge >= 0.3 is 0 Å². The summed E-state index contributed by atoms with van der Waals surface area (Å²) in [5, 5.41) is 48.6. The molecule has 1 fully saturated rings. The number of ketones is 2. The molecule has 242 valence electrons. The van der Waals surface area contributed by atoms with E-state index in [2.05, 4.69) is 5.32 Å². The van der Waals surface area contributed by atoms with E-state index in [0.29, 0.717) is 29.7 Å². The smallest absolute Gasteiger partial charge is 0.255 e. The van der Waals surface area contributed by atoms with E-state index in [9.17, 15) is 44.0 Å². The molecule has 1 aliphatic heterocycles. The number of ether oxygens (including phenoxy) is 1. The van der Waals surface area contributed by atoms with Crippen LogP contribution in [-0.4, -0.2) is 87.2 Å². The van der Waals surface area contributed by atoms with Crippen LogP contribution in [0.4, 0.5) is 4.39 Å². The molecule has 1 saturated heterocycles. The van der Waals surface area contributed by atoms with Gasteiger partial charge in [0.15, 0.2) is 11.4 Å². The molecule has 6 rings (SSSR count). The van der Waals surface area contributed by atoms with E-state index in [1.54, 1.807) is 20.2 Å². The average Bonchev–Trinajstić information content (AvgIpc) is 3.54. The molecule has 4 aliphatic rings. The van der Waals surface area contributed by atoms with Gasteiger partial charge in [0.2, 0.25) is 11.7 Å². The van der Waals surface area contributed by atoms with Crippen LogP contribution >= 0.6 is 0 Å². The molecule has 3 aliphatic carbocycles. The molecule has 5 atom stereocenters. The van der Waals surface area contributed by atoms with Crippen LogP contribution in [-0.2, 0) is 32.1 Å². The summed E-state index contributed by atoms with van der Waals surface area (Å²) in [6, 6.07) is 6.01. The zero-order valence-electron chi connectivity index (χ0n) is 25.2. The number of fused-ring (bicyclic) bond motifs is 3. The Morgan fingerprint density at radius 2 is 1.85 bits per heavy atom. The van der Waals surface area contributed by atoms with Crippen molar-refractivity contribution >= 4 is 23.4 Å². The molecule has 2 aromatic rings. The zero-order valence-corrected chi connectivity index (χ0v) is 25.2. The lowest BCUT2D eigenvalue weighted by Gasteiger charge is -2.50. The molecule has 2 amide bonds. The first-order valence-corrected chi connectivity index (χ1v) is 14.9. The van der Waals surface area contributed by atoms with E-state index in [4.69, 9.17) is 10.5 Å². The second kappa shape index (κ2) is 11.3. The van der Waals surface area contributed by atoms with E-state index in [-0.39, 0.29) is 36.1 Å². The van der Waals surface area contributed by atoms with Crippen LogP contribution in [0.3, 0.4) is 0 Å². The van der Waals surface area contributed by atoms with Gasteiger partial charge in [-0.2, -0.15) is 0 Å². The minimum atomic E-state index is -2.77. The van der Waals surface area contributed by atoms with Crippen LogP contribution in [0.2, 0.25) is 0 Å². The maximum absolute atomic E-state index is 14.3. The normalized spacial score (nSPS) is 27.4. The molecule has 13 heteroatoms. The number of nitrogens with zero attached hydrogens (tertiary/aromatic N) is 1. The summed E-state index contributed by atoms with van der Waals surface area (Å²) in [6.07, 6.45) is 0.602. The number of aliphatic hydroxyl groups is 3. The molecule has 1 unspecified atom stereocenters. The first-order valence-electron chi connectivity index (χ1n) is 14.9. The summed E-state index contributed by atoms with van der Waals surface area (Å²) >= 11 is 0. The molecule has 0 radical (unpaired) electrons. The first-order chi connectivity index (χ1) is 21.8. The second-order valence-corrected chi connectivity index (χ2v) is 12.5. The number of halogens is 1. The number of nitrogens with one attached hydrogen (secondary N) is 1. The highest BCUT2D eigenvalue weighted by Gasteiger charge is 2.63. The van der Waals surface area contributed by atoms with Crippen LogP contribution in [0.1, 0.15) is 40.7 Å². The summed E-state index contributed by atoms with van der Waals surface area (Å²) in [6.45, 7) is 0.265. The molecule has 0 spiro atoms. The number of aliphatic hydroxyl groups excluding tert-OH is 2. The quantitative estimate of drug-likeness (QED) is 0.254. The summed E-state index contributed by atoms with van der Waals surface area (Å²) in [4.78, 5) is 54.3. The molecule has 46 heavy (non-hydrogen) atoms. The van der Waals surface area contributed by atoms with Crippen LogP contribution < -0.4 is 11.1 Å². The van der Waals surface area contributed by atoms with Gasteiger partial charge in [-0.3, -0.25) is 24.1 Å². The fraction of sp³-hybridized carbons (Fsp3) is 0.394. The van der Waals surface area contributed by atoms with Crippen molar-refractivity contribution in [1.82, 2.24) is 10.2 Å². The average molecular weight is 636 g/mol. The minimum Gasteiger partial charge on any atom is -0.510 e. The Bertz CT molecular complexity index is 1740. The van der Waals surface area contributed by atoms with E-state index in [0.717, 1.165) is 6.42 Å². The number of benzene rings is 2. The third kappa shape index (κ3) is 4.68. The predicted octanol–water partition coefficient (Wildman–Crippen LogP) is 1.72. The van der Waals surface area contributed by atoms with Gasteiger partial charge in [-0.05, 0) is 80.6 Å². The van der Waals surface area contributed by atoms with Crippen molar-refractivity contribution < 1.29 is 48.7 Å². The molecular formula is C33H34FN3O9. The number of hydrogen-bond donors (Lipinski definition) is 6. The van der Waals surface area contributed by atoms with Gasteiger partial charge in [0, 0.05) is 30.2 Å². The van der Waals surface area contributed by atoms with Crippen LogP contribution in [0.5, 0.6) is 5.75 Å². The molecule has 1 heterocycles. The van der Waals surface area contributed by atoms with Gasteiger partial charge in [0.05, 0.1) is 11.6 Å². The number of primary amides is 1. The number of phenols is 1. The number of phenolic OH excluding ortho intramolecular Hbond substituents is 1. The molecule has 2 aromatic carbocycles. The minimum absolute atomic E-state index is 0.0529. The van der Waals surface area contributed by atoms with E-state index in [1.807, 2.05) is 0 Å². The SMILES string of the molecule is CN(C)[C@@H]1C(O)=C(C(N)=O)C(=O)[C@@]2(O)C(O)=C3C(=O)c4c(O)c(CNC(=O)C5CCCO5)cc(-c5ccc(F)cc5)c4C[C@H]3C[C@@H]12. The molecule has 12 nitrogen and oxygen atoms in total. The van der Waals surface area contributed by atoms with E-state index >= 15 is 0 Å². The standard InChI is InChI=1S/C33H34FN3O9/c1-37(2)25-20-12-15-10-19-18(14-5-7-17(34)8-6-14)11-16(13-36-32(44)21-4-3-9-46-21)26(38)23(19)27(39)22(15)29(41)33(20,45)30(42)24(28(25)40)31(35)43/h5-8,11,15,20-21,25,38,40-41,45H,3-4,9-10,12-13H2,1-2H3,(H2,35,43)(H,36,44)/t15-,20-,21?,25-,33-/m0/s1. The van der Waals surface area contributed by atoms with Gasteiger partial charge in [-0.15, -0.1) is 0 Å². The maximum Gasteiger partial charge on any atom is 0.255 e. The highest BCUT2D eigenvalue weighted by atomic mass is 19.1. The highest BCUT2D eigenvalue weighted by molar-refractivity contribution is 6.25. The lowest BCUT2D eigenvalue weighted by molar-refractivity contribution is -0.148. The van der Waals surface area contributed by atoms with Crippen molar-refractivity contribution in [2.24, 2.45) is 17.6 Å². The Morgan fingerprint density at radius 3 is 2.46 bits per heavy atom. The topological polar surface area (TPSA) is 200 Å². The van der Waals surface area contributed by atoms with E-state index in [1.165, 1.54) is 29.2 Å². The van der Waals surface area contributed by atoms with Crippen LogP contribution in [0.15, 0.2) is 53.0 Å². The Hall–Kier alpha value is -4.59. The van der Waals surface area contributed by atoms with Gasteiger partial charge in [0.1, 0.15) is 34.8 Å². The molecule has 0 bridgehead atoms. The molecule has 0 aromatic heterocycles. The maximum atomic E-state index is 14.3. The third-order valence-electron chi connectivity index (χ3n) is 9.63. The summed E-state index contributed by atoms with van der Waals surface area (Å²) < 4.78 is 19.3. The van der Waals surface area contributed by atoms with Crippen molar-refractivity contribution in [1.29, 1.82) is 0 Å². The number of carbonyl (C=O) groups excluding carboxylic acids is 4. The number of amides is 2. The largest absolute Gasteiger partial charge is 0.510 e. The van der Waals surface area contributed by atoms with Crippen LogP contribution in [0, 0.1) is 17.7 Å². The second-order valence-electron chi connectivity index (χ2n) is 12.5. The molecular weight excluding hydrogens is 601 g/mol. The monoisotopic (exact) mass is 635 g/mol. The van der Waals surface area contributed by atoms with Crippen molar-refractivity contribution in [2.45, 2.75) is 50.0 Å². The lowest BCUT2D eigenvalue weighted by Crippen LogP contribution is -2.63. The lowest BCUT2D eigenvalue weighted by atomic mass is 9.58. The Kier molecular flexibility index (Phi) is 7.74. The Balaban J connectivity index is 1.50. The number of likely N-dealkylation sites (N-methyl/N-ethyl adjacent to an activating group) is 1. The third-order valence-corrected chi connectivity index (χ3v) is 9.63. The number of Topliss-reactive ketones (excluding diaryl/α,β-unsaturated/α-hetero) is 2. The first kappa shape index (κ1) is 31.4. The van der Waals surface area contributed by atoms with Gasteiger partial charge in [-0.25, -0.2) is 4.39 Å².